The van der Waals surface area contributed by atoms with Gasteiger partial charge in [-0.1, -0.05) is 29.8 Å². The zero-order chi connectivity index (χ0) is 14.5. The number of para-hydroxylation sites is 1. The molecular formula is C14H11ClF2N2O. The molecule has 1 amide bonds. The van der Waals surface area contributed by atoms with E-state index in [0.717, 1.165) is 6.07 Å². The van der Waals surface area contributed by atoms with Gasteiger partial charge < -0.3 is 10.6 Å². The van der Waals surface area contributed by atoms with Gasteiger partial charge in [-0.3, -0.25) is 4.79 Å². The summed E-state index contributed by atoms with van der Waals surface area (Å²) in [7, 11) is 0. The van der Waals surface area contributed by atoms with Gasteiger partial charge in [0.05, 0.1) is 17.3 Å². The van der Waals surface area contributed by atoms with Crippen LogP contribution in [0.25, 0.3) is 0 Å². The summed E-state index contributed by atoms with van der Waals surface area (Å²) in [4.78, 5) is 11.7. The summed E-state index contributed by atoms with van der Waals surface area (Å²) in [5, 5.41) is 5.05. The van der Waals surface area contributed by atoms with E-state index in [1.807, 2.05) is 6.07 Å². The number of hydrogen-bond acceptors (Lipinski definition) is 2. The van der Waals surface area contributed by atoms with Crippen LogP contribution in [-0.2, 0) is 4.79 Å². The Morgan fingerprint density at radius 1 is 1.15 bits per heavy atom. The van der Waals surface area contributed by atoms with Crippen LogP contribution in [-0.4, -0.2) is 12.5 Å². The molecule has 0 aliphatic heterocycles. The number of carbonyl (C=O) groups is 1. The van der Waals surface area contributed by atoms with Crippen molar-refractivity contribution in [2.24, 2.45) is 0 Å². The predicted octanol–water partition coefficient (Wildman–Crippen LogP) is 3.67. The molecule has 6 heteroatoms. The Balaban J connectivity index is 1.97. The summed E-state index contributed by atoms with van der Waals surface area (Å²) < 4.78 is 26.3. The Kier molecular flexibility index (Phi) is 4.53. The average Bonchev–Trinajstić information content (AvgIpc) is 2.38. The minimum atomic E-state index is -0.845. The molecule has 0 fully saturated rings. The van der Waals surface area contributed by atoms with Crippen LogP contribution in [0.4, 0.5) is 20.2 Å². The van der Waals surface area contributed by atoms with Gasteiger partial charge in [-0.25, -0.2) is 8.78 Å². The maximum atomic E-state index is 13.5. The topological polar surface area (TPSA) is 41.1 Å². The average molecular weight is 297 g/mol. The zero-order valence-electron chi connectivity index (χ0n) is 10.3. The van der Waals surface area contributed by atoms with E-state index in [2.05, 4.69) is 10.6 Å². The van der Waals surface area contributed by atoms with Crippen molar-refractivity contribution < 1.29 is 13.6 Å². The van der Waals surface area contributed by atoms with E-state index in [0.29, 0.717) is 11.8 Å². The Bertz CT molecular complexity index is 597. The number of amides is 1. The number of carbonyl (C=O) groups excluding carboxylic acids is 1. The zero-order valence-corrected chi connectivity index (χ0v) is 11.0. The van der Waals surface area contributed by atoms with Crippen molar-refractivity contribution in [3.63, 3.8) is 0 Å². The molecule has 2 N–H and O–H groups in total. The van der Waals surface area contributed by atoms with E-state index in [9.17, 15) is 13.6 Å². The van der Waals surface area contributed by atoms with Crippen LogP contribution in [0.15, 0.2) is 42.5 Å². The first-order chi connectivity index (χ1) is 9.56. The van der Waals surface area contributed by atoms with Crippen molar-refractivity contribution >= 4 is 28.9 Å². The molecule has 0 bridgehead atoms. The van der Waals surface area contributed by atoms with Crippen LogP contribution < -0.4 is 10.6 Å². The van der Waals surface area contributed by atoms with E-state index >= 15 is 0 Å². The van der Waals surface area contributed by atoms with Gasteiger partial charge in [-0.05, 0) is 18.2 Å². The fraction of sp³-hybridized carbons (Fsp3) is 0.0714. The molecule has 2 aromatic carbocycles. The largest absolute Gasteiger partial charge is 0.373 e. The standard InChI is InChI=1S/C14H11ClF2N2O/c15-11-6-9(16)7-12(17)14(11)18-8-13(20)19-10-4-2-1-3-5-10/h1-7,18H,8H2,(H,19,20). The Morgan fingerprint density at radius 3 is 2.50 bits per heavy atom. The third kappa shape index (κ3) is 3.68. The number of hydrogen-bond donors (Lipinski definition) is 2. The smallest absolute Gasteiger partial charge is 0.243 e. The van der Waals surface area contributed by atoms with Crippen LogP contribution in [0, 0.1) is 11.6 Å². The number of halogens is 3. The van der Waals surface area contributed by atoms with Crippen molar-refractivity contribution in [3.8, 4) is 0 Å². The minimum absolute atomic E-state index is 0.101. The fourth-order valence-electron chi connectivity index (χ4n) is 1.61. The van der Waals surface area contributed by atoms with Crippen molar-refractivity contribution in [1.82, 2.24) is 0 Å². The molecule has 0 radical (unpaired) electrons. The Labute approximate surface area is 119 Å². The van der Waals surface area contributed by atoms with Crippen molar-refractivity contribution in [1.29, 1.82) is 0 Å². The second kappa shape index (κ2) is 6.34. The third-order valence-electron chi connectivity index (χ3n) is 2.49. The molecular weight excluding hydrogens is 286 g/mol. The van der Waals surface area contributed by atoms with Crippen LogP contribution in [0.1, 0.15) is 0 Å². The first-order valence-corrected chi connectivity index (χ1v) is 6.17. The van der Waals surface area contributed by atoms with Crippen molar-refractivity contribution in [3.05, 3.63) is 59.1 Å². The summed E-state index contributed by atoms with van der Waals surface area (Å²) >= 11 is 5.70. The first-order valence-electron chi connectivity index (χ1n) is 5.79. The van der Waals surface area contributed by atoms with E-state index in [-0.39, 0.29) is 23.2 Å². The molecule has 0 aliphatic rings. The van der Waals surface area contributed by atoms with Crippen LogP contribution in [0.2, 0.25) is 5.02 Å². The maximum Gasteiger partial charge on any atom is 0.243 e. The number of nitrogens with one attached hydrogen (secondary N) is 2. The lowest BCUT2D eigenvalue weighted by Crippen LogP contribution is -2.22. The van der Waals surface area contributed by atoms with Gasteiger partial charge in [0.25, 0.3) is 0 Å². The van der Waals surface area contributed by atoms with Crippen molar-refractivity contribution in [2.45, 2.75) is 0 Å². The van der Waals surface area contributed by atoms with Gasteiger partial charge in [-0.2, -0.15) is 0 Å². The molecule has 0 atom stereocenters. The third-order valence-corrected chi connectivity index (χ3v) is 2.79. The van der Waals surface area contributed by atoms with Crippen LogP contribution >= 0.6 is 11.6 Å². The van der Waals surface area contributed by atoms with Gasteiger partial charge >= 0.3 is 0 Å². The molecule has 0 saturated carbocycles. The molecule has 2 rings (SSSR count). The van der Waals surface area contributed by atoms with E-state index in [1.54, 1.807) is 24.3 Å². The van der Waals surface area contributed by atoms with Gasteiger partial charge in [0.2, 0.25) is 5.91 Å². The number of benzene rings is 2. The highest BCUT2D eigenvalue weighted by Crippen LogP contribution is 2.26. The van der Waals surface area contributed by atoms with E-state index in [4.69, 9.17) is 11.6 Å². The van der Waals surface area contributed by atoms with Crippen molar-refractivity contribution in [2.75, 3.05) is 17.2 Å². The van der Waals surface area contributed by atoms with E-state index in [1.165, 1.54) is 0 Å². The summed E-state index contributed by atoms with van der Waals surface area (Å²) in [5.41, 5.74) is 0.529. The highest BCUT2D eigenvalue weighted by molar-refractivity contribution is 6.33. The minimum Gasteiger partial charge on any atom is -0.373 e. The molecule has 0 heterocycles. The van der Waals surface area contributed by atoms with Crippen LogP contribution in [0.3, 0.4) is 0 Å². The van der Waals surface area contributed by atoms with Gasteiger partial charge in [0, 0.05) is 11.8 Å². The molecule has 104 valence electrons. The molecule has 0 aliphatic carbocycles. The molecule has 0 saturated heterocycles. The second-order valence-corrected chi connectivity index (χ2v) is 4.42. The van der Waals surface area contributed by atoms with Gasteiger partial charge in [0.15, 0.2) is 5.82 Å². The van der Waals surface area contributed by atoms with Crippen LogP contribution in [0.5, 0.6) is 0 Å². The Morgan fingerprint density at radius 2 is 1.85 bits per heavy atom. The SMILES string of the molecule is O=C(CNc1c(F)cc(F)cc1Cl)Nc1ccccc1. The lowest BCUT2D eigenvalue weighted by Gasteiger charge is -2.10. The fourth-order valence-corrected chi connectivity index (χ4v) is 1.87. The lowest BCUT2D eigenvalue weighted by molar-refractivity contribution is -0.114. The summed E-state index contributed by atoms with van der Waals surface area (Å²) in [6.45, 7) is -0.183. The summed E-state index contributed by atoms with van der Waals surface area (Å²) in [6.07, 6.45) is 0. The second-order valence-electron chi connectivity index (χ2n) is 4.01. The molecule has 2 aromatic rings. The van der Waals surface area contributed by atoms with Gasteiger partial charge in [-0.15, -0.1) is 0 Å². The molecule has 0 aromatic heterocycles. The number of rotatable bonds is 4. The number of anilines is 2. The lowest BCUT2D eigenvalue weighted by atomic mass is 10.3. The quantitative estimate of drug-likeness (QED) is 0.904. The normalized spacial score (nSPS) is 10.2. The highest BCUT2D eigenvalue weighted by Gasteiger charge is 2.11. The van der Waals surface area contributed by atoms with E-state index < -0.39 is 11.6 Å². The predicted molar refractivity (Wildman–Crippen MR) is 74.9 cm³/mol. The first kappa shape index (κ1) is 14.3. The summed E-state index contributed by atoms with van der Waals surface area (Å²) in [6, 6.07) is 10.5. The van der Waals surface area contributed by atoms with Gasteiger partial charge in [0.1, 0.15) is 5.82 Å². The monoisotopic (exact) mass is 296 g/mol. The molecule has 0 unspecified atom stereocenters. The molecule has 3 nitrogen and oxygen atoms in total. The molecule has 0 spiro atoms. The Hall–Kier alpha value is -2.14. The molecule has 20 heavy (non-hydrogen) atoms. The summed E-state index contributed by atoms with van der Waals surface area (Å²) in [5.74, 6) is -1.98. The maximum absolute atomic E-state index is 13.5. The highest BCUT2D eigenvalue weighted by atomic mass is 35.5.